The van der Waals surface area contributed by atoms with E-state index in [-0.39, 0.29) is 0 Å². The van der Waals surface area contributed by atoms with Crippen molar-refractivity contribution in [2.45, 2.75) is 18.8 Å². The topological polar surface area (TPSA) is 72.1 Å². The summed E-state index contributed by atoms with van der Waals surface area (Å²) in [7, 11) is 0. The summed E-state index contributed by atoms with van der Waals surface area (Å²) in [4.78, 5) is 11.6. The molecule has 4 heterocycles. The van der Waals surface area contributed by atoms with Crippen LogP contribution < -0.4 is 4.90 Å². The van der Waals surface area contributed by atoms with Crippen molar-refractivity contribution < 1.29 is 0 Å². The lowest BCUT2D eigenvalue weighted by Gasteiger charge is -2.32. The zero-order valence-corrected chi connectivity index (χ0v) is 13.7. The lowest BCUT2D eigenvalue weighted by atomic mass is 9.93. The van der Waals surface area contributed by atoms with Crippen LogP contribution in [-0.4, -0.2) is 43.1 Å². The normalized spacial score (nSPS) is 15.9. The third kappa shape index (κ3) is 2.39. The van der Waals surface area contributed by atoms with Gasteiger partial charge in [-0.3, -0.25) is 4.98 Å². The summed E-state index contributed by atoms with van der Waals surface area (Å²) >= 11 is 0. The average molecular weight is 331 g/mol. The Bertz CT molecular complexity index is 1020. The van der Waals surface area contributed by atoms with Crippen molar-refractivity contribution in [3.8, 4) is 0 Å². The van der Waals surface area contributed by atoms with E-state index in [0.29, 0.717) is 5.92 Å². The third-order valence-electron chi connectivity index (χ3n) is 4.91. The van der Waals surface area contributed by atoms with Gasteiger partial charge < -0.3 is 4.90 Å². The van der Waals surface area contributed by atoms with E-state index in [1.54, 1.807) is 4.52 Å². The lowest BCUT2D eigenvalue weighted by molar-refractivity contribution is 0.494. The van der Waals surface area contributed by atoms with Crippen LogP contribution >= 0.6 is 0 Å². The van der Waals surface area contributed by atoms with Crippen LogP contribution in [-0.2, 0) is 0 Å². The van der Waals surface area contributed by atoms with Crippen LogP contribution in [0, 0.1) is 0 Å². The Morgan fingerprint density at radius 2 is 1.80 bits per heavy atom. The Kier molecular flexibility index (Phi) is 3.29. The number of nitrogens with zero attached hydrogens (tertiary/aromatic N) is 7. The molecule has 4 aromatic rings. The quantitative estimate of drug-likeness (QED) is 0.562. The second-order valence-electron chi connectivity index (χ2n) is 6.35. The number of benzene rings is 1. The van der Waals surface area contributed by atoms with Gasteiger partial charge in [-0.1, -0.05) is 18.2 Å². The Balaban J connectivity index is 1.49. The van der Waals surface area contributed by atoms with E-state index < -0.39 is 0 Å². The van der Waals surface area contributed by atoms with Crippen LogP contribution in [0.2, 0.25) is 0 Å². The van der Waals surface area contributed by atoms with Gasteiger partial charge in [0.05, 0.1) is 11.0 Å². The number of rotatable bonds is 2. The van der Waals surface area contributed by atoms with Gasteiger partial charge in [-0.15, -0.1) is 5.10 Å². The van der Waals surface area contributed by atoms with Gasteiger partial charge in [0.2, 0.25) is 5.65 Å². The average Bonchev–Trinajstić information content (AvgIpc) is 3.18. The van der Waals surface area contributed by atoms with Crippen LogP contribution in [0.4, 0.5) is 5.82 Å². The van der Waals surface area contributed by atoms with Gasteiger partial charge in [-0.2, -0.15) is 4.52 Å². The van der Waals surface area contributed by atoms with Crippen molar-refractivity contribution in [3.05, 3.63) is 54.4 Å². The Labute approximate surface area is 144 Å². The fraction of sp³-hybridized carbons (Fsp3) is 0.278. The highest BCUT2D eigenvalue weighted by atomic mass is 15.5. The van der Waals surface area contributed by atoms with Gasteiger partial charge in [0.1, 0.15) is 0 Å². The fourth-order valence-corrected chi connectivity index (χ4v) is 3.61. The highest BCUT2D eigenvalue weighted by Crippen LogP contribution is 2.30. The molecule has 0 radical (unpaired) electrons. The molecule has 0 amide bonds. The predicted molar refractivity (Wildman–Crippen MR) is 94.5 cm³/mol. The highest BCUT2D eigenvalue weighted by Gasteiger charge is 2.25. The smallest absolute Gasteiger partial charge is 0.222 e. The molecule has 5 rings (SSSR count). The molecule has 1 saturated heterocycles. The monoisotopic (exact) mass is 331 g/mol. The first-order valence-electron chi connectivity index (χ1n) is 8.53. The van der Waals surface area contributed by atoms with Crippen molar-refractivity contribution in [1.29, 1.82) is 0 Å². The van der Waals surface area contributed by atoms with Crippen LogP contribution in [0.25, 0.3) is 16.7 Å². The molecule has 0 atom stereocenters. The molecule has 124 valence electrons. The van der Waals surface area contributed by atoms with E-state index >= 15 is 0 Å². The Hall–Kier alpha value is -3.09. The molecular weight excluding hydrogens is 314 g/mol. The summed E-state index contributed by atoms with van der Waals surface area (Å²) in [6.07, 6.45) is 3.98. The van der Waals surface area contributed by atoms with E-state index in [2.05, 4.69) is 37.5 Å². The number of pyridine rings is 1. The standard InChI is InChI=1S/C18H17N7/c1-2-7-16-15(6-1)20-17(18-21-22-23-25(16)18)24-11-8-13(9-12-24)14-5-3-4-10-19-14/h1-7,10,13H,8-9,11-12H2. The molecule has 0 N–H and O–H groups in total. The van der Waals surface area contributed by atoms with Gasteiger partial charge >= 0.3 is 0 Å². The van der Waals surface area contributed by atoms with E-state index in [1.165, 1.54) is 5.69 Å². The summed E-state index contributed by atoms with van der Waals surface area (Å²) in [6.45, 7) is 1.85. The number of tetrazole rings is 1. The van der Waals surface area contributed by atoms with E-state index in [9.17, 15) is 0 Å². The number of anilines is 1. The fourth-order valence-electron chi connectivity index (χ4n) is 3.61. The summed E-state index contributed by atoms with van der Waals surface area (Å²) < 4.78 is 1.78. The van der Waals surface area contributed by atoms with Crippen molar-refractivity contribution in [2.24, 2.45) is 0 Å². The van der Waals surface area contributed by atoms with E-state index in [1.807, 2.05) is 36.5 Å². The van der Waals surface area contributed by atoms with Gasteiger partial charge in [-0.25, -0.2) is 4.98 Å². The minimum atomic E-state index is 0.505. The number of hydrogen-bond acceptors (Lipinski definition) is 6. The van der Waals surface area contributed by atoms with Crippen molar-refractivity contribution in [1.82, 2.24) is 30.0 Å². The molecule has 1 aromatic carbocycles. The summed E-state index contributed by atoms with van der Waals surface area (Å²) in [5, 5.41) is 12.2. The highest BCUT2D eigenvalue weighted by molar-refractivity contribution is 5.82. The molecule has 7 nitrogen and oxygen atoms in total. The van der Waals surface area contributed by atoms with E-state index in [0.717, 1.165) is 48.4 Å². The Morgan fingerprint density at radius 3 is 2.64 bits per heavy atom. The minimum Gasteiger partial charge on any atom is -0.353 e. The first-order valence-corrected chi connectivity index (χ1v) is 8.53. The Morgan fingerprint density at radius 1 is 0.960 bits per heavy atom. The van der Waals surface area contributed by atoms with Gasteiger partial charge in [0, 0.05) is 30.9 Å². The number of para-hydroxylation sites is 2. The maximum Gasteiger partial charge on any atom is 0.222 e. The molecule has 0 saturated carbocycles. The summed E-state index contributed by atoms with van der Waals surface area (Å²) in [5.41, 5.74) is 3.73. The number of aromatic nitrogens is 6. The number of hydrogen-bond donors (Lipinski definition) is 0. The van der Waals surface area contributed by atoms with Gasteiger partial charge in [0.25, 0.3) is 0 Å². The molecule has 0 aliphatic carbocycles. The van der Waals surface area contributed by atoms with Gasteiger partial charge in [0.15, 0.2) is 5.82 Å². The van der Waals surface area contributed by atoms with Gasteiger partial charge in [-0.05, 0) is 47.5 Å². The summed E-state index contributed by atoms with van der Waals surface area (Å²) in [5.74, 6) is 1.37. The van der Waals surface area contributed by atoms with Crippen molar-refractivity contribution in [2.75, 3.05) is 18.0 Å². The molecule has 25 heavy (non-hydrogen) atoms. The molecule has 0 spiro atoms. The molecule has 0 bridgehead atoms. The minimum absolute atomic E-state index is 0.505. The molecular formula is C18H17N7. The number of piperidine rings is 1. The molecule has 1 aliphatic heterocycles. The predicted octanol–water partition coefficient (Wildman–Crippen LogP) is 2.45. The second-order valence-corrected chi connectivity index (χ2v) is 6.35. The van der Waals surface area contributed by atoms with Crippen LogP contribution in [0.3, 0.4) is 0 Å². The maximum atomic E-state index is 4.84. The first kappa shape index (κ1) is 14.3. The van der Waals surface area contributed by atoms with Crippen LogP contribution in [0.5, 0.6) is 0 Å². The van der Waals surface area contributed by atoms with Crippen molar-refractivity contribution in [3.63, 3.8) is 0 Å². The van der Waals surface area contributed by atoms with Crippen molar-refractivity contribution >= 4 is 22.5 Å². The SMILES string of the molecule is c1ccc(C2CCN(c3nc4ccccc4n4nnnc34)CC2)nc1. The molecule has 7 heteroatoms. The second kappa shape index (κ2) is 5.77. The molecule has 3 aromatic heterocycles. The number of fused-ring (bicyclic) bond motifs is 3. The maximum absolute atomic E-state index is 4.84. The zero-order valence-electron chi connectivity index (χ0n) is 13.7. The molecule has 1 fully saturated rings. The van der Waals surface area contributed by atoms with Crippen LogP contribution in [0.1, 0.15) is 24.5 Å². The van der Waals surface area contributed by atoms with Crippen LogP contribution in [0.15, 0.2) is 48.7 Å². The lowest BCUT2D eigenvalue weighted by Crippen LogP contribution is -2.34. The first-order chi connectivity index (χ1) is 12.4. The summed E-state index contributed by atoms with van der Waals surface area (Å²) in [6, 6.07) is 14.1. The molecule has 0 unspecified atom stereocenters. The third-order valence-corrected chi connectivity index (χ3v) is 4.91. The zero-order chi connectivity index (χ0) is 16.6. The van der Waals surface area contributed by atoms with E-state index in [4.69, 9.17) is 4.98 Å². The largest absolute Gasteiger partial charge is 0.353 e. The molecule has 1 aliphatic rings.